The number of carboxylic acids is 1. The van der Waals surface area contributed by atoms with E-state index in [0.29, 0.717) is 19.6 Å². The third-order valence-electron chi connectivity index (χ3n) is 4.68. The van der Waals surface area contributed by atoms with Crippen molar-refractivity contribution in [1.29, 1.82) is 0 Å². The predicted molar refractivity (Wildman–Crippen MR) is 114 cm³/mol. The van der Waals surface area contributed by atoms with Gasteiger partial charge in [-0.1, -0.05) is 57.2 Å². The highest BCUT2D eigenvalue weighted by Crippen LogP contribution is 2.23. The van der Waals surface area contributed by atoms with Gasteiger partial charge in [0.15, 0.2) is 5.69 Å². The maximum atomic E-state index is 13.3. The molecule has 0 spiro atoms. The van der Waals surface area contributed by atoms with Crippen molar-refractivity contribution >= 4 is 17.3 Å². The lowest BCUT2D eigenvalue weighted by Crippen LogP contribution is -2.22. The second kappa shape index (κ2) is 8.84. The van der Waals surface area contributed by atoms with Crippen molar-refractivity contribution in [3.05, 3.63) is 87.1 Å². The molecule has 6 heteroatoms. The maximum Gasteiger partial charge on any atom is 0.355 e. The summed E-state index contributed by atoms with van der Waals surface area (Å²) in [5.41, 5.74) is 3.60. The molecule has 0 amide bonds. The smallest absolute Gasteiger partial charge is 0.355 e. The van der Waals surface area contributed by atoms with Gasteiger partial charge >= 0.3 is 5.97 Å². The van der Waals surface area contributed by atoms with E-state index in [-0.39, 0.29) is 16.9 Å². The molecule has 0 unspecified atom stereocenters. The number of rotatable bonds is 7. The third kappa shape index (κ3) is 5.95. The van der Waals surface area contributed by atoms with Crippen molar-refractivity contribution < 1.29 is 14.3 Å². The van der Waals surface area contributed by atoms with E-state index in [1.807, 2.05) is 0 Å². The van der Waals surface area contributed by atoms with Crippen molar-refractivity contribution in [2.75, 3.05) is 0 Å². The molecule has 1 aromatic heterocycles. The van der Waals surface area contributed by atoms with Crippen molar-refractivity contribution in [2.45, 2.75) is 45.8 Å². The molecule has 0 saturated heterocycles. The van der Waals surface area contributed by atoms with Gasteiger partial charge in [0, 0.05) is 18.5 Å². The number of aromatic carboxylic acids is 1. The Morgan fingerprint density at radius 3 is 2.03 bits per heavy atom. The van der Waals surface area contributed by atoms with Crippen LogP contribution in [0.5, 0.6) is 0 Å². The van der Waals surface area contributed by atoms with E-state index in [1.54, 1.807) is 17.5 Å². The van der Waals surface area contributed by atoms with Crippen LogP contribution < -0.4 is 0 Å². The highest BCUT2D eigenvalue weighted by atomic mass is 32.1. The summed E-state index contributed by atoms with van der Waals surface area (Å²) >= 11 is 1.34. The van der Waals surface area contributed by atoms with Crippen LogP contribution in [0, 0.1) is 5.82 Å². The Balaban J connectivity index is 1.79. The van der Waals surface area contributed by atoms with E-state index in [9.17, 15) is 9.18 Å². The normalized spacial score (nSPS) is 11.8. The zero-order valence-corrected chi connectivity index (χ0v) is 17.7. The van der Waals surface area contributed by atoms with Gasteiger partial charge in [0.05, 0.1) is 6.54 Å². The van der Waals surface area contributed by atoms with Gasteiger partial charge in [-0.3, -0.25) is 4.90 Å². The fourth-order valence-corrected chi connectivity index (χ4v) is 3.87. The van der Waals surface area contributed by atoms with E-state index >= 15 is 0 Å². The van der Waals surface area contributed by atoms with Crippen LogP contribution in [0.15, 0.2) is 53.9 Å². The number of thiazole rings is 1. The summed E-state index contributed by atoms with van der Waals surface area (Å²) < 4.78 is 13.3. The first-order valence-electron chi connectivity index (χ1n) is 9.44. The highest BCUT2D eigenvalue weighted by Gasteiger charge is 2.16. The number of halogens is 1. The lowest BCUT2D eigenvalue weighted by molar-refractivity contribution is 0.0691. The standard InChI is InChI=1S/C23H25FN2O2S/c1-23(2,3)18-8-4-16(5-9-18)12-26(13-17-6-10-19(24)11-7-17)14-21-25-20(15-29-21)22(27)28/h4-11,15H,12-14H2,1-3H3,(H,27,28). The molecule has 0 saturated carbocycles. The number of carbonyl (C=O) groups is 1. The summed E-state index contributed by atoms with van der Waals surface area (Å²) in [6, 6.07) is 15.0. The van der Waals surface area contributed by atoms with E-state index in [4.69, 9.17) is 5.11 Å². The van der Waals surface area contributed by atoms with Gasteiger partial charge in [-0.05, 0) is 34.2 Å². The Bertz CT molecular complexity index is 960. The Morgan fingerprint density at radius 1 is 1.00 bits per heavy atom. The molecular weight excluding hydrogens is 387 g/mol. The first-order valence-corrected chi connectivity index (χ1v) is 10.3. The molecule has 3 rings (SSSR count). The largest absolute Gasteiger partial charge is 0.476 e. The van der Waals surface area contributed by atoms with Crippen LogP contribution in [-0.2, 0) is 25.0 Å². The predicted octanol–water partition coefficient (Wildman–Crippen LogP) is 5.48. The highest BCUT2D eigenvalue weighted by molar-refractivity contribution is 7.09. The summed E-state index contributed by atoms with van der Waals surface area (Å²) in [5, 5.41) is 11.4. The van der Waals surface area contributed by atoms with E-state index < -0.39 is 5.97 Å². The molecule has 3 aromatic rings. The first kappa shape index (κ1) is 21.1. The Morgan fingerprint density at radius 2 is 1.55 bits per heavy atom. The average molecular weight is 413 g/mol. The van der Waals surface area contributed by atoms with Gasteiger partial charge in [-0.15, -0.1) is 11.3 Å². The third-order valence-corrected chi connectivity index (χ3v) is 5.51. The molecule has 1 heterocycles. The van der Waals surface area contributed by atoms with E-state index in [2.05, 4.69) is 54.9 Å². The van der Waals surface area contributed by atoms with Gasteiger partial charge in [0.2, 0.25) is 0 Å². The SMILES string of the molecule is CC(C)(C)c1ccc(CN(Cc2ccc(F)cc2)Cc2nc(C(=O)O)cs2)cc1. The average Bonchev–Trinajstić information content (AvgIpc) is 3.12. The molecule has 0 radical (unpaired) electrons. The number of hydrogen-bond donors (Lipinski definition) is 1. The molecule has 0 aliphatic carbocycles. The Labute approximate surface area is 174 Å². The summed E-state index contributed by atoms with van der Waals surface area (Å²) in [4.78, 5) is 17.5. The van der Waals surface area contributed by atoms with Gasteiger partial charge < -0.3 is 5.11 Å². The summed E-state index contributed by atoms with van der Waals surface area (Å²) in [5.74, 6) is -1.28. The monoisotopic (exact) mass is 412 g/mol. The quantitative estimate of drug-likeness (QED) is 0.558. The minimum atomic E-state index is -1.02. The molecule has 0 atom stereocenters. The van der Waals surface area contributed by atoms with Crippen LogP contribution in [0.3, 0.4) is 0 Å². The van der Waals surface area contributed by atoms with E-state index in [0.717, 1.165) is 16.1 Å². The van der Waals surface area contributed by atoms with Crippen LogP contribution in [0.25, 0.3) is 0 Å². The molecule has 152 valence electrons. The number of hydrogen-bond acceptors (Lipinski definition) is 4. The van der Waals surface area contributed by atoms with Crippen LogP contribution in [0.4, 0.5) is 4.39 Å². The molecule has 0 bridgehead atoms. The lowest BCUT2D eigenvalue weighted by Gasteiger charge is -2.23. The molecule has 1 N–H and O–H groups in total. The minimum absolute atomic E-state index is 0.0706. The molecule has 0 aliphatic rings. The van der Waals surface area contributed by atoms with Crippen molar-refractivity contribution in [1.82, 2.24) is 9.88 Å². The van der Waals surface area contributed by atoms with Crippen LogP contribution >= 0.6 is 11.3 Å². The summed E-state index contributed by atoms with van der Waals surface area (Å²) in [7, 11) is 0. The lowest BCUT2D eigenvalue weighted by atomic mass is 9.87. The second-order valence-electron chi connectivity index (χ2n) is 8.15. The molecule has 0 aliphatic heterocycles. The van der Waals surface area contributed by atoms with Crippen LogP contribution in [0.1, 0.15) is 53.0 Å². The topological polar surface area (TPSA) is 53.4 Å². The summed E-state index contributed by atoms with van der Waals surface area (Å²) in [6.07, 6.45) is 0. The van der Waals surface area contributed by atoms with Crippen LogP contribution in [0.2, 0.25) is 0 Å². The van der Waals surface area contributed by atoms with E-state index in [1.165, 1.54) is 29.0 Å². The van der Waals surface area contributed by atoms with Gasteiger partial charge in [0.25, 0.3) is 0 Å². The second-order valence-corrected chi connectivity index (χ2v) is 9.09. The Kier molecular flexibility index (Phi) is 6.45. The zero-order valence-electron chi connectivity index (χ0n) is 16.9. The van der Waals surface area contributed by atoms with Crippen molar-refractivity contribution in [2.24, 2.45) is 0 Å². The molecule has 2 aromatic carbocycles. The van der Waals surface area contributed by atoms with Crippen molar-refractivity contribution in [3.63, 3.8) is 0 Å². The molecular formula is C23H25FN2O2S. The first-order chi connectivity index (χ1) is 13.7. The minimum Gasteiger partial charge on any atom is -0.476 e. The molecule has 4 nitrogen and oxygen atoms in total. The number of carboxylic acid groups (broad SMARTS) is 1. The van der Waals surface area contributed by atoms with Gasteiger partial charge in [-0.25, -0.2) is 14.2 Å². The van der Waals surface area contributed by atoms with Gasteiger partial charge in [-0.2, -0.15) is 0 Å². The van der Waals surface area contributed by atoms with Crippen molar-refractivity contribution in [3.8, 4) is 0 Å². The van der Waals surface area contributed by atoms with Gasteiger partial charge in [0.1, 0.15) is 10.8 Å². The fraction of sp³-hybridized carbons (Fsp3) is 0.304. The molecule has 29 heavy (non-hydrogen) atoms. The van der Waals surface area contributed by atoms with Crippen LogP contribution in [-0.4, -0.2) is 21.0 Å². The number of benzene rings is 2. The Hall–Kier alpha value is -2.57. The zero-order chi connectivity index (χ0) is 21.0. The molecule has 0 fully saturated rings. The summed E-state index contributed by atoms with van der Waals surface area (Å²) in [6.45, 7) is 8.38. The number of nitrogens with zero attached hydrogens (tertiary/aromatic N) is 2. The fourth-order valence-electron chi connectivity index (χ4n) is 3.06. The number of aromatic nitrogens is 1. The maximum absolute atomic E-state index is 13.3.